The molecule has 4 N–H and O–H groups in total. The highest BCUT2D eigenvalue weighted by Crippen LogP contribution is 2.11. The quantitative estimate of drug-likeness (QED) is 0.318. The van der Waals surface area contributed by atoms with Crippen molar-refractivity contribution in [2.75, 3.05) is 6.61 Å². The summed E-state index contributed by atoms with van der Waals surface area (Å²) in [6.45, 7) is 11.7. The Morgan fingerprint density at radius 3 is 2.00 bits per heavy atom. The molecule has 0 fully saturated rings. The van der Waals surface area contributed by atoms with E-state index in [0.29, 0.717) is 6.42 Å². The van der Waals surface area contributed by atoms with Crippen LogP contribution in [0.4, 0.5) is 4.79 Å². The van der Waals surface area contributed by atoms with Gasteiger partial charge in [-0.15, -0.1) is 0 Å². The van der Waals surface area contributed by atoms with Crippen LogP contribution in [0.1, 0.15) is 60.5 Å². The first-order valence-electron chi connectivity index (χ1n) is 12.1. The van der Waals surface area contributed by atoms with E-state index in [4.69, 9.17) is 9.47 Å². The van der Waals surface area contributed by atoms with Crippen molar-refractivity contribution in [3.05, 3.63) is 35.9 Å². The number of aliphatic hydroxyl groups is 1. The summed E-state index contributed by atoms with van der Waals surface area (Å²) in [6, 6.07) is 5.94. The second kappa shape index (κ2) is 14.4. The minimum absolute atomic E-state index is 0.0724. The molecular formula is C26H41N3O7. The number of amides is 3. The lowest BCUT2D eigenvalue weighted by Crippen LogP contribution is -2.58. The van der Waals surface area contributed by atoms with Crippen LogP contribution in [0.15, 0.2) is 30.3 Å². The molecule has 0 aromatic heterocycles. The van der Waals surface area contributed by atoms with Gasteiger partial charge in [-0.05, 0) is 44.6 Å². The number of carbonyl (C=O) groups is 4. The lowest BCUT2D eigenvalue weighted by Gasteiger charge is -2.27. The lowest BCUT2D eigenvalue weighted by atomic mass is 10.00. The second-order valence-electron chi connectivity index (χ2n) is 10.4. The van der Waals surface area contributed by atoms with Gasteiger partial charge in [-0.2, -0.15) is 0 Å². The van der Waals surface area contributed by atoms with Crippen LogP contribution in [0.2, 0.25) is 0 Å². The average molecular weight is 508 g/mol. The van der Waals surface area contributed by atoms with Gasteiger partial charge in [0.25, 0.3) is 0 Å². The summed E-state index contributed by atoms with van der Waals surface area (Å²) < 4.78 is 10.5. The Labute approximate surface area is 213 Å². The van der Waals surface area contributed by atoms with Gasteiger partial charge in [0.2, 0.25) is 11.8 Å². The number of rotatable bonds is 12. The van der Waals surface area contributed by atoms with Gasteiger partial charge >= 0.3 is 12.1 Å². The molecule has 1 aromatic rings. The van der Waals surface area contributed by atoms with Gasteiger partial charge in [0.1, 0.15) is 30.3 Å². The van der Waals surface area contributed by atoms with E-state index in [-0.39, 0.29) is 18.4 Å². The first-order chi connectivity index (χ1) is 16.7. The van der Waals surface area contributed by atoms with Crippen molar-refractivity contribution in [2.45, 2.75) is 85.2 Å². The Balaban J connectivity index is 2.87. The number of esters is 1. The molecule has 0 aliphatic rings. The predicted octanol–water partition coefficient (Wildman–Crippen LogP) is 2.29. The fourth-order valence-electron chi connectivity index (χ4n) is 3.21. The van der Waals surface area contributed by atoms with Gasteiger partial charge in [-0.3, -0.25) is 9.59 Å². The highest BCUT2D eigenvalue weighted by atomic mass is 16.6. The maximum atomic E-state index is 13.1. The van der Waals surface area contributed by atoms with Crippen LogP contribution in [0.25, 0.3) is 0 Å². The molecule has 0 spiro atoms. The van der Waals surface area contributed by atoms with Gasteiger partial charge in [0.05, 0.1) is 6.61 Å². The molecule has 0 radical (unpaired) electrons. The molecular weight excluding hydrogens is 466 g/mol. The summed E-state index contributed by atoms with van der Waals surface area (Å²) in [6.07, 6.45) is -0.530. The van der Waals surface area contributed by atoms with Crippen molar-refractivity contribution in [2.24, 2.45) is 11.8 Å². The third-order valence-corrected chi connectivity index (χ3v) is 4.97. The average Bonchev–Trinajstić information content (AvgIpc) is 2.77. The van der Waals surface area contributed by atoms with Crippen LogP contribution in [0, 0.1) is 11.8 Å². The summed E-state index contributed by atoms with van der Waals surface area (Å²) in [4.78, 5) is 50.6. The van der Waals surface area contributed by atoms with Crippen molar-refractivity contribution >= 4 is 23.9 Å². The molecule has 10 heteroatoms. The minimum atomic E-state index is -1.32. The highest BCUT2D eigenvalue weighted by Gasteiger charge is 2.32. The Hall–Kier alpha value is -3.14. The van der Waals surface area contributed by atoms with Crippen molar-refractivity contribution in [1.82, 2.24) is 16.0 Å². The van der Waals surface area contributed by atoms with Crippen molar-refractivity contribution < 1.29 is 33.8 Å². The van der Waals surface area contributed by atoms with Gasteiger partial charge in [-0.1, -0.05) is 58.0 Å². The molecule has 10 nitrogen and oxygen atoms in total. The SMILES string of the molecule is CC(C)C[C@H](NC(=O)[C@H](NC(=O)[C@H](CO)NC(=O)OC(C)(C)C)C(C)C)C(=O)OCc1ccccc1. The summed E-state index contributed by atoms with van der Waals surface area (Å²) in [7, 11) is 0. The number of benzene rings is 1. The molecule has 36 heavy (non-hydrogen) atoms. The van der Waals surface area contributed by atoms with Crippen LogP contribution < -0.4 is 16.0 Å². The molecule has 1 rings (SSSR count). The van der Waals surface area contributed by atoms with E-state index >= 15 is 0 Å². The zero-order chi connectivity index (χ0) is 27.5. The fourth-order valence-corrected chi connectivity index (χ4v) is 3.21. The third-order valence-electron chi connectivity index (χ3n) is 4.97. The monoisotopic (exact) mass is 507 g/mol. The molecule has 0 unspecified atom stereocenters. The van der Waals surface area contributed by atoms with Crippen LogP contribution in [0.3, 0.4) is 0 Å². The molecule has 0 aliphatic heterocycles. The summed E-state index contributed by atoms with van der Waals surface area (Å²) >= 11 is 0. The summed E-state index contributed by atoms with van der Waals surface area (Å²) in [5, 5.41) is 17.2. The number of ether oxygens (including phenoxy) is 2. The van der Waals surface area contributed by atoms with Crippen LogP contribution in [-0.4, -0.2) is 59.3 Å². The summed E-state index contributed by atoms with van der Waals surface area (Å²) in [5.74, 6) is -2.17. The standard InChI is InChI=1S/C26H41N3O7/c1-16(2)13-19(24(33)35-15-18-11-9-8-10-12-18)27-23(32)21(17(3)4)29-22(31)20(14-30)28-25(34)36-26(5,6)7/h8-12,16-17,19-21,30H,13-15H2,1-7H3,(H,27,32)(H,28,34)(H,29,31)/t19-,20-,21+/m0/s1. The van der Waals surface area contributed by atoms with Crippen molar-refractivity contribution in [1.29, 1.82) is 0 Å². The Morgan fingerprint density at radius 2 is 1.50 bits per heavy atom. The van der Waals surface area contributed by atoms with E-state index in [1.807, 2.05) is 44.2 Å². The number of aliphatic hydroxyl groups excluding tert-OH is 1. The van der Waals surface area contributed by atoms with Crippen LogP contribution >= 0.6 is 0 Å². The van der Waals surface area contributed by atoms with E-state index in [1.54, 1.807) is 34.6 Å². The predicted molar refractivity (Wildman–Crippen MR) is 135 cm³/mol. The smallest absolute Gasteiger partial charge is 0.408 e. The van der Waals surface area contributed by atoms with Crippen molar-refractivity contribution in [3.8, 4) is 0 Å². The first-order valence-corrected chi connectivity index (χ1v) is 12.1. The van der Waals surface area contributed by atoms with E-state index in [0.717, 1.165) is 5.56 Å². The number of nitrogens with one attached hydrogen (secondary N) is 3. The molecule has 3 amide bonds. The molecule has 202 valence electrons. The number of carbonyl (C=O) groups excluding carboxylic acids is 4. The highest BCUT2D eigenvalue weighted by molar-refractivity contribution is 5.93. The maximum absolute atomic E-state index is 13.1. The van der Waals surface area contributed by atoms with Gasteiger partial charge in [0.15, 0.2) is 0 Å². The number of hydrogen-bond donors (Lipinski definition) is 4. The van der Waals surface area contributed by atoms with E-state index in [2.05, 4.69) is 16.0 Å². The van der Waals surface area contributed by atoms with Gasteiger partial charge < -0.3 is 30.5 Å². The maximum Gasteiger partial charge on any atom is 0.408 e. The Morgan fingerprint density at radius 1 is 0.889 bits per heavy atom. The van der Waals surface area contributed by atoms with Crippen LogP contribution in [-0.2, 0) is 30.5 Å². The van der Waals surface area contributed by atoms with Crippen molar-refractivity contribution in [3.63, 3.8) is 0 Å². The topological polar surface area (TPSA) is 143 Å². The zero-order valence-electron chi connectivity index (χ0n) is 22.3. The molecule has 3 atom stereocenters. The van der Waals surface area contributed by atoms with E-state index in [1.165, 1.54) is 0 Å². The normalized spacial score (nSPS) is 13.9. The van der Waals surface area contributed by atoms with E-state index < -0.39 is 54.2 Å². The summed E-state index contributed by atoms with van der Waals surface area (Å²) in [5.41, 5.74) is 0.0295. The van der Waals surface area contributed by atoms with Gasteiger partial charge in [-0.25, -0.2) is 9.59 Å². The van der Waals surface area contributed by atoms with Gasteiger partial charge in [0, 0.05) is 0 Å². The molecule has 1 aromatic carbocycles. The number of alkyl carbamates (subject to hydrolysis) is 1. The molecule has 0 bridgehead atoms. The Kier molecular flexibility index (Phi) is 12.4. The van der Waals surface area contributed by atoms with E-state index in [9.17, 15) is 24.3 Å². The molecule has 0 heterocycles. The molecule has 0 saturated heterocycles. The minimum Gasteiger partial charge on any atom is -0.459 e. The Bertz CT molecular complexity index is 866. The third kappa shape index (κ3) is 11.5. The largest absolute Gasteiger partial charge is 0.459 e. The van der Waals surface area contributed by atoms with Crippen LogP contribution in [0.5, 0.6) is 0 Å². The fraction of sp³-hybridized carbons (Fsp3) is 0.615. The molecule has 0 saturated carbocycles. The first kappa shape index (κ1) is 30.9. The second-order valence-corrected chi connectivity index (χ2v) is 10.4. The zero-order valence-corrected chi connectivity index (χ0v) is 22.3. The number of hydrogen-bond acceptors (Lipinski definition) is 7. The lowest BCUT2D eigenvalue weighted by molar-refractivity contribution is -0.150. The molecule has 0 aliphatic carbocycles.